The van der Waals surface area contributed by atoms with E-state index in [1.165, 1.54) is 26.8 Å². The van der Waals surface area contributed by atoms with Crippen molar-refractivity contribution in [2.45, 2.75) is 38.3 Å². The van der Waals surface area contributed by atoms with Crippen molar-refractivity contribution in [3.8, 4) is 5.75 Å². The SMILES string of the molecule is O=C1c2c(OCc3ccccc3)c(=O)ccn2N(C(=O)[C@H]2CCCO2)[C@@H]2OCCCN12. The number of carbonyl (C=O) groups is 2. The fourth-order valence-electron chi connectivity index (χ4n) is 4.16. The highest BCUT2D eigenvalue weighted by Gasteiger charge is 2.46. The molecule has 0 saturated carbocycles. The first-order valence-electron chi connectivity index (χ1n) is 10.4. The van der Waals surface area contributed by atoms with E-state index < -0.39 is 23.8 Å². The molecule has 3 aliphatic heterocycles. The van der Waals surface area contributed by atoms with E-state index in [9.17, 15) is 14.4 Å². The Labute approximate surface area is 178 Å². The van der Waals surface area contributed by atoms with Crippen LogP contribution in [0.25, 0.3) is 0 Å². The molecular formula is C22H23N3O6. The van der Waals surface area contributed by atoms with Crippen molar-refractivity contribution in [3.05, 3.63) is 64.1 Å². The zero-order chi connectivity index (χ0) is 21.4. The first-order valence-corrected chi connectivity index (χ1v) is 10.4. The average molecular weight is 425 g/mol. The van der Waals surface area contributed by atoms with Crippen LogP contribution in [0, 0.1) is 0 Å². The normalized spacial score (nSPS) is 22.8. The molecule has 5 rings (SSSR count). The van der Waals surface area contributed by atoms with Gasteiger partial charge in [-0.25, -0.2) is 4.68 Å². The summed E-state index contributed by atoms with van der Waals surface area (Å²) >= 11 is 0. The molecule has 4 heterocycles. The van der Waals surface area contributed by atoms with E-state index in [0.717, 1.165) is 12.0 Å². The predicted octanol–water partition coefficient (Wildman–Crippen LogP) is 1.23. The molecule has 2 fully saturated rings. The summed E-state index contributed by atoms with van der Waals surface area (Å²) in [6.45, 7) is 1.48. The summed E-state index contributed by atoms with van der Waals surface area (Å²) in [6.07, 6.45) is 1.97. The Balaban J connectivity index is 1.57. The fraction of sp³-hybridized carbons (Fsp3) is 0.409. The second-order valence-corrected chi connectivity index (χ2v) is 7.71. The minimum absolute atomic E-state index is 0.0246. The smallest absolute Gasteiger partial charge is 0.279 e. The molecule has 0 bridgehead atoms. The molecular weight excluding hydrogens is 402 g/mol. The minimum atomic E-state index is -0.880. The lowest BCUT2D eigenvalue weighted by Crippen LogP contribution is -2.67. The van der Waals surface area contributed by atoms with Gasteiger partial charge in [0.15, 0.2) is 11.4 Å². The van der Waals surface area contributed by atoms with Gasteiger partial charge in [0.25, 0.3) is 11.8 Å². The van der Waals surface area contributed by atoms with E-state index in [1.807, 2.05) is 30.3 Å². The third-order valence-corrected chi connectivity index (χ3v) is 5.67. The van der Waals surface area contributed by atoms with Crippen molar-refractivity contribution in [2.75, 3.05) is 24.8 Å². The Bertz CT molecular complexity index is 1050. The van der Waals surface area contributed by atoms with Gasteiger partial charge in [-0.15, -0.1) is 0 Å². The number of hydrogen-bond donors (Lipinski definition) is 0. The highest BCUT2D eigenvalue weighted by molar-refractivity contribution is 6.00. The molecule has 1 aromatic carbocycles. The maximum atomic E-state index is 13.4. The molecule has 9 heteroatoms. The third-order valence-electron chi connectivity index (χ3n) is 5.67. The first-order chi connectivity index (χ1) is 15.1. The average Bonchev–Trinajstić information content (AvgIpc) is 3.34. The number of carbonyl (C=O) groups excluding carboxylic acids is 2. The van der Waals surface area contributed by atoms with Gasteiger partial charge in [0.2, 0.25) is 11.8 Å². The van der Waals surface area contributed by atoms with Crippen molar-refractivity contribution in [2.24, 2.45) is 0 Å². The van der Waals surface area contributed by atoms with Crippen LogP contribution in [0.2, 0.25) is 0 Å². The molecule has 0 unspecified atom stereocenters. The fourth-order valence-corrected chi connectivity index (χ4v) is 4.16. The first kappa shape index (κ1) is 19.8. The molecule has 2 aromatic rings. The van der Waals surface area contributed by atoms with Crippen LogP contribution in [0.3, 0.4) is 0 Å². The highest BCUT2D eigenvalue weighted by atomic mass is 16.5. The number of pyridine rings is 1. The number of benzene rings is 1. The van der Waals surface area contributed by atoms with Gasteiger partial charge in [-0.2, -0.15) is 5.01 Å². The molecule has 9 nitrogen and oxygen atoms in total. The third kappa shape index (κ3) is 3.49. The summed E-state index contributed by atoms with van der Waals surface area (Å²) < 4.78 is 18.6. The van der Waals surface area contributed by atoms with Gasteiger partial charge in [0, 0.05) is 25.4 Å². The number of nitrogens with zero attached hydrogens (tertiary/aromatic N) is 3. The molecule has 2 amide bonds. The predicted molar refractivity (Wildman–Crippen MR) is 109 cm³/mol. The van der Waals surface area contributed by atoms with Gasteiger partial charge in [0.1, 0.15) is 12.7 Å². The molecule has 0 aliphatic carbocycles. The lowest BCUT2D eigenvalue weighted by atomic mass is 10.2. The Morgan fingerprint density at radius 2 is 1.87 bits per heavy atom. The second kappa shape index (κ2) is 8.16. The zero-order valence-corrected chi connectivity index (χ0v) is 16.9. The van der Waals surface area contributed by atoms with Crippen molar-refractivity contribution < 1.29 is 23.8 Å². The van der Waals surface area contributed by atoms with Crippen LogP contribution < -0.4 is 15.2 Å². The van der Waals surface area contributed by atoms with Gasteiger partial charge >= 0.3 is 0 Å². The van der Waals surface area contributed by atoms with Crippen molar-refractivity contribution in [1.82, 2.24) is 9.58 Å². The van der Waals surface area contributed by atoms with E-state index in [1.54, 1.807) is 0 Å². The van der Waals surface area contributed by atoms with E-state index in [0.29, 0.717) is 32.6 Å². The number of hydrogen-bond acceptors (Lipinski definition) is 6. The quantitative estimate of drug-likeness (QED) is 0.732. The Morgan fingerprint density at radius 1 is 1.06 bits per heavy atom. The van der Waals surface area contributed by atoms with Gasteiger partial charge in [0.05, 0.1) is 6.61 Å². The summed E-state index contributed by atoms with van der Waals surface area (Å²) in [5.74, 6) is -0.784. The molecule has 31 heavy (non-hydrogen) atoms. The molecule has 0 spiro atoms. The number of ether oxygens (including phenoxy) is 3. The Morgan fingerprint density at radius 3 is 2.65 bits per heavy atom. The van der Waals surface area contributed by atoms with Gasteiger partial charge in [-0.05, 0) is 24.8 Å². The van der Waals surface area contributed by atoms with Crippen LogP contribution >= 0.6 is 0 Å². The van der Waals surface area contributed by atoms with Crippen LogP contribution in [0.15, 0.2) is 47.4 Å². The topological polar surface area (TPSA) is 90.3 Å². The van der Waals surface area contributed by atoms with E-state index in [2.05, 4.69) is 0 Å². The summed E-state index contributed by atoms with van der Waals surface area (Å²) in [7, 11) is 0. The number of rotatable bonds is 4. The second-order valence-electron chi connectivity index (χ2n) is 7.71. The Hall–Kier alpha value is -3.17. The van der Waals surface area contributed by atoms with Crippen LogP contribution in [-0.2, 0) is 20.9 Å². The molecule has 0 N–H and O–H groups in total. The Kier molecular flexibility index (Phi) is 5.21. The van der Waals surface area contributed by atoms with Gasteiger partial charge < -0.3 is 14.2 Å². The van der Waals surface area contributed by atoms with Crippen LogP contribution in [0.5, 0.6) is 5.75 Å². The van der Waals surface area contributed by atoms with Crippen molar-refractivity contribution in [1.29, 1.82) is 0 Å². The maximum Gasteiger partial charge on any atom is 0.279 e. The van der Waals surface area contributed by atoms with Crippen LogP contribution in [-0.4, -0.2) is 53.6 Å². The minimum Gasteiger partial charge on any atom is -0.482 e. The molecule has 3 aliphatic rings. The van der Waals surface area contributed by atoms with Gasteiger partial charge in [-0.1, -0.05) is 30.3 Å². The molecule has 0 radical (unpaired) electrons. The summed E-state index contributed by atoms with van der Waals surface area (Å²) in [5.41, 5.74) is 0.465. The molecule has 1 aromatic heterocycles. The largest absolute Gasteiger partial charge is 0.482 e. The summed E-state index contributed by atoms with van der Waals surface area (Å²) in [4.78, 5) is 40.9. The summed E-state index contributed by atoms with van der Waals surface area (Å²) in [6, 6.07) is 10.7. The van der Waals surface area contributed by atoms with E-state index in [4.69, 9.17) is 14.2 Å². The molecule has 2 saturated heterocycles. The number of amides is 2. The zero-order valence-electron chi connectivity index (χ0n) is 16.9. The molecule has 162 valence electrons. The molecule has 2 atom stereocenters. The van der Waals surface area contributed by atoms with E-state index >= 15 is 0 Å². The monoisotopic (exact) mass is 425 g/mol. The van der Waals surface area contributed by atoms with Crippen molar-refractivity contribution >= 4 is 11.8 Å². The van der Waals surface area contributed by atoms with Crippen LogP contribution in [0.4, 0.5) is 0 Å². The number of aromatic nitrogens is 1. The van der Waals surface area contributed by atoms with E-state index in [-0.39, 0.29) is 24.0 Å². The summed E-state index contributed by atoms with van der Waals surface area (Å²) in [5, 5.41) is 1.38. The van der Waals surface area contributed by atoms with Crippen LogP contribution in [0.1, 0.15) is 35.3 Å². The van der Waals surface area contributed by atoms with Crippen molar-refractivity contribution in [3.63, 3.8) is 0 Å². The standard InChI is InChI=1S/C22H23N3O6/c26-16-9-11-24-18(19(16)31-14-15-6-2-1-3-7-15)21(28)23-10-5-13-30-22(23)25(24)20(27)17-8-4-12-29-17/h1-3,6-7,9,11,17,22H,4-5,8,10,12-14H2/t17-,22-/m1/s1. The lowest BCUT2D eigenvalue weighted by molar-refractivity contribution is -0.143. The maximum absolute atomic E-state index is 13.4. The lowest BCUT2D eigenvalue weighted by Gasteiger charge is -2.47. The number of fused-ring (bicyclic) bond motifs is 2. The van der Waals surface area contributed by atoms with Gasteiger partial charge in [-0.3, -0.25) is 19.3 Å². The highest BCUT2D eigenvalue weighted by Crippen LogP contribution is 2.29.